The van der Waals surface area contributed by atoms with Gasteiger partial charge in [0.15, 0.2) is 0 Å². The van der Waals surface area contributed by atoms with Crippen LogP contribution in [0.2, 0.25) is 0 Å². The lowest BCUT2D eigenvalue weighted by Crippen LogP contribution is -2.58. The summed E-state index contributed by atoms with van der Waals surface area (Å²) >= 11 is 0. The largest absolute Gasteiger partial charge is 0.478 e. The highest BCUT2D eigenvalue weighted by Crippen LogP contribution is 2.55. The predicted octanol–water partition coefficient (Wildman–Crippen LogP) is 4.91. The number of carboxylic acid groups (broad SMARTS) is 1. The molecule has 1 saturated carbocycles. The van der Waals surface area contributed by atoms with Crippen molar-refractivity contribution in [3.05, 3.63) is 71.1 Å². The second kappa shape index (κ2) is 6.54. The summed E-state index contributed by atoms with van der Waals surface area (Å²) in [5.41, 5.74) is 6.27. The van der Waals surface area contributed by atoms with Crippen molar-refractivity contribution in [1.82, 2.24) is 10.1 Å². The van der Waals surface area contributed by atoms with Crippen LogP contribution in [0.25, 0.3) is 16.8 Å². The molecule has 0 amide bonds. The Balaban J connectivity index is 1.26. The molecule has 6 heteroatoms. The van der Waals surface area contributed by atoms with E-state index in [1.807, 2.05) is 0 Å². The average Bonchev–Trinajstić information content (AvgIpc) is 3.47. The summed E-state index contributed by atoms with van der Waals surface area (Å²) in [5.74, 6) is 1.45. The Bertz CT molecular complexity index is 1220. The number of rotatable bonds is 5. The SMILES string of the molecule is Cc1ccccc1-c1noc(C2CC2)c1C1=CC2(C1)CN(c1ccc(C(=O)O)cn1)C2. The Labute approximate surface area is 180 Å². The summed E-state index contributed by atoms with van der Waals surface area (Å²) in [6.45, 7) is 3.92. The van der Waals surface area contributed by atoms with Gasteiger partial charge in [0, 0.05) is 41.7 Å². The van der Waals surface area contributed by atoms with Crippen LogP contribution in [0.1, 0.15) is 52.4 Å². The molecule has 1 saturated heterocycles. The van der Waals surface area contributed by atoms with Gasteiger partial charge in [0.05, 0.1) is 5.56 Å². The van der Waals surface area contributed by atoms with Gasteiger partial charge in [-0.15, -0.1) is 0 Å². The molecule has 0 bridgehead atoms. The fourth-order valence-electron chi connectivity index (χ4n) is 4.92. The molecule has 1 aromatic carbocycles. The first-order valence-electron chi connectivity index (χ1n) is 10.7. The van der Waals surface area contributed by atoms with Gasteiger partial charge in [0.1, 0.15) is 17.3 Å². The van der Waals surface area contributed by atoms with E-state index in [0.29, 0.717) is 5.92 Å². The van der Waals surface area contributed by atoms with Crippen molar-refractivity contribution in [3.63, 3.8) is 0 Å². The van der Waals surface area contributed by atoms with E-state index < -0.39 is 5.97 Å². The summed E-state index contributed by atoms with van der Waals surface area (Å²) < 4.78 is 5.87. The fourth-order valence-corrected chi connectivity index (χ4v) is 4.92. The molecule has 0 radical (unpaired) electrons. The number of hydrogen-bond acceptors (Lipinski definition) is 5. The van der Waals surface area contributed by atoms with Gasteiger partial charge >= 0.3 is 5.97 Å². The topological polar surface area (TPSA) is 79.5 Å². The quantitative estimate of drug-likeness (QED) is 0.640. The summed E-state index contributed by atoms with van der Waals surface area (Å²) in [6, 6.07) is 11.8. The number of benzene rings is 1. The third kappa shape index (κ3) is 2.97. The van der Waals surface area contributed by atoms with E-state index in [9.17, 15) is 4.79 Å². The summed E-state index contributed by atoms with van der Waals surface area (Å²) in [4.78, 5) is 17.6. The fraction of sp³-hybridized carbons (Fsp3) is 0.320. The Morgan fingerprint density at radius 1 is 1.19 bits per heavy atom. The standard InChI is InChI=1S/C25H23N3O3/c1-15-4-2-3-5-19(15)22-21(23(31-27-22)16-6-7-16)18-10-25(11-18)13-28(14-25)20-9-8-17(12-26-20)24(29)30/h2-5,8-10,12,16H,6-7,11,13-14H2,1H3,(H,29,30). The molecule has 1 spiro atoms. The maximum Gasteiger partial charge on any atom is 0.337 e. The van der Waals surface area contributed by atoms with Gasteiger partial charge in [-0.05, 0) is 49.5 Å². The second-order valence-corrected chi connectivity index (χ2v) is 9.13. The predicted molar refractivity (Wildman–Crippen MR) is 117 cm³/mol. The molecule has 6 nitrogen and oxygen atoms in total. The normalized spacial score (nSPS) is 19.0. The minimum atomic E-state index is -0.949. The highest BCUT2D eigenvalue weighted by Gasteiger charge is 2.49. The molecule has 0 atom stereocenters. The number of carboxylic acids is 1. The average molecular weight is 413 g/mol. The molecule has 3 heterocycles. The van der Waals surface area contributed by atoms with Crippen LogP contribution in [0.3, 0.4) is 0 Å². The van der Waals surface area contributed by atoms with Crippen molar-refractivity contribution in [2.75, 3.05) is 18.0 Å². The number of aromatic carboxylic acids is 1. The van der Waals surface area contributed by atoms with E-state index in [-0.39, 0.29) is 11.0 Å². The number of hydrogen-bond donors (Lipinski definition) is 1. The molecule has 3 aliphatic rings. The highest BCUT2D eigenvalue weighted by molar-refractivity contribution is 5.88. The van der Waals surface area contributed by atoms with Gasteiger partial charge in [0.2, 0.25) is 0 Å². The zero-order chi connectivity index (χ0) is 21.2. The number of pyridine rings is 1. The van der Waals surface area contributed by atoms with E-state index in [1.54, 1.807) is 12.1 Å². The van der Waals surface area contributed by atoms with Crippen molar-refractivity contribution in [1.29, 1.82) is 0 Å². The van der Waals surface area contributed by atoms with Crippen molar-refractivity contribution < 1.29 is 14.4 Å². The van der Waals surface area contributed by atoms with Gasteiger partial charge in [-0.1, -0.05) is 35.5 Å². The smallest absolute Gasteiger partial charge is 0.337 e. The lowest BCUT2D eigenvalue weighted by Gasteiger charge is -2.54. The number of carbonyl (C=O) groups is 1. The molecule has 31 heavy (non-hydrogen) atoms. The Kier molecular flexibility index (Phi) is 3.88. The molecule has 0 unspecified atom stereocenters. The first kappa shape index (κ1) is 18.4. The van der Waals surface area contributed by atoms with Crippen LogP contribution in [0.15, 0.2) is 53.2 Å². The molecular weight excluding hydrogens is 390 g/mol. The molecule has 2 aliphatic carbocycles. The molecule has 3 aromatic rings. The van der Waals surface area contributed by atoms with E-state index in [0.717, 1.165) is 42.3 Å². The Hall–Kier alpha value is -3.41. The lowest BCUT2D eigenvalue weighted by molar-refractivity contribution is 0.0696. The number of nitrogens with zero attached hydrogens (tertiary/aromatic N) is 3. The van der Waals surface area contributed by atoms with Crippen LogP contribution >= 0.6 is 0 Å². The second-order valence-electron chi connectivity index (χ2n) is 9.13. The summed E-state index contributed by atoms with van der Waals surface area (Å²) in [5, 5.41) is 13.6. The van der Waals surface area contributed by atoms with E-state index >= 15 is 0 Å². The zero-order valence-electron chi connectivity index (χ0n) is 17.3. The molecule has 156 valence electrons. The third-order valence-corrected chi connectivity index (χ3v) is 6.74. The van der Waals surface area contributed by atoms with E-state index in [4.69, 9.17) is 9.63 Å². The maximum atomic E-state index is 11.0. The van der Waals surface area contributed by atoms with Crippen LogP contribution in [0, 0.1) is 12.3 Å². The monoisotopic (exact) mass is 413 g/mol. The summed E-state index contributed by atoms with van der Waals surface area (Å²) in [7, 11) is 0. The van der Waals surface area contributed by atoms with Crippen LogP contribution in [-0.4, -0.2) is 34.3 Å². The van der Waals surface area contributed by atoms with Gasteiger partial charge < -0.3 is 14.5 Å². The van der Waals surface area contributed by atoms with Gasteiger partial charge in [-0.2, -0.15) is 0 Å². The molecule has 1 N–H and O–H groups in total. The minimum absolute atomic E-state index is 0.170. The molecular formula is C25H23N3O3. The molecule has 1 aliphatic heterocycles. The summed E-state index contributed by atoms with van der Waals surface area (Å²) in [6.07, 6.45) is 7.20. The molecule has 2 aromatic heterocycles. The maximum absolute atomic E-state index is 11.0. The van der Waals surface area contributed by atoms with Crippen LogP contribution in [0.5, 0.6) is 0 Å². The van der Waals surface area contributed by atoms with Crippen molar-refractivity contribution >= 4 is 17.4 Å². The van der Waals surface area contributed by atoms with E-state index in [2.05, 4.69) is 52.3 Å². The molecule has 2 fully saturated rings. The number of anilines is 1. The van der Waals surface area contributed by atoms with E-state index in [1.165, 1.54) is 35.7 Å². The lowest BCUT2D eigenvalue weighted by atomic mass is 9.63. The first-order chi connectivity index (χ1) is 15.0. The van der Waals surface area contributed by atoms with Gasteiger partial charge in [-0.25, -0.2) is 9.78 Å². The highest BCUT2D eigenvalue weighted by atomic mass is 16.5. The van der Waals surface area contributed by atoms with Crippen molar-refractivity contribution in [2.24, 2.45) is 5.41 Å². The van der Waals surface area contributed by atoms with Crippen LogP contribution < -0.4 is 4.90 Å². The minimum Gasteiger partial charge on any atom is -0.478 e. The Morgan fingerprint density at radius 2 is 1.97 bits per heavy atom. The molecule has 6 rings (SSSR count). The van der Waals surface area contributed by atoms with Crippen LogP contribution in [-0.2, 0) is 0 Å². The zero-order valence-corrected chi connectivity index (χ0v) is 17.3. The first-order valence-corrected chi connectivity index (χ1v) is 10.7. The van der Waals surface area contributed by atoms with Crippen molar-refractivity contribution in [3.8, 4) is 11.3 Å². The van der Waals surface area contributed by atoms with Crippen molar-refractivity contribution in [2.45, 2.75) is 32.1 Å². The Morgan fingerprint density at radius 3 is 2.61 bits per heavy atom. The third-order valence-electron chi connectivity index (χ3n) is 6.74. The van der Waals surface area contributed by atoms with Crippen LogP contribution in [0.4, 0.5) is 5.82 Å². The van der Waals surface area contributed by atoms with Gasteiger partial charge in [0.25, 0.3) is 0 Å². The number of aromatic nitrogens is 2. The van der Waals surface area contributed by atoms with Gasteiger partial charge in [-0.3, -0.25) is 0 Å². The number of aryl methyl sites for hydroxylation is 1. The number of allylic oxidation sites excluding steroid dienone is 1.